The van der Waals surface area contributed by atoms with Crippen molar-refractivity contribution in [3.05, 3.63) is 59.2 Å². The van der Waals surface area contributed by atoms with Crippen molar-refractivity contribution in [1.29, 1.82) is 0 Å². The number of carbonyl (C=O) groups is 1. The summed E-state index contributed by atoms with van der Waals surface area (Å²) in [4.78, 5) is 13.4. The SMILES string of the molecule is CS(=O)(=O)N1CCC(Nc2cccc(Sc3ccc(C=CC(=O)N4CCOCC4)c(C(F)(F)F)c3C(F)(F)F)c2)CC1. The summed E-state index contributed by atoms with van der Waals surface area (Å²) in [5, 5.41) is 3.23. The van der Waals surface area contributed by atoms with Crippen molar-refractivity contribution in [2.24, 2.45) is 0 Å². The summed E-state index contributed by atoms with van der Waals surface area (Å²) in [5.74, 6) is -0.621. The summed E-state index contributed by atoms with van der Waals surface area (Å²) in [5.41, 5.74) is -3.91. The number of carbonyl (C=O) groups excluding carboxylic acids is 1. The number of morpholine rings is 1. The molecular formula is C27H29F6N3O4S2. The molecule has 2 aliphatic heterocycles. The van der Waals surface area contributed by atoms with E-state index in [1.807, 2.05) is 0 Å². The summed E-state index contributed by atoms with van der Waals surface area (Å²) < 4.78 is 115. The van der Waals surface area contributed by atoms with Crippen LogP contribution in [-0.4, -0.2) is 75.2 Å². The van der Waals surface area contributed by atoms with Crippen molar-refractivity contribution in [2.45, 2.75) is 41.0 Å². The van der Waals surface area contributed by atoms with E-state index in [1.54, 1.807) is 12.1 Å². The number of piperidine rings is 1. The van der Waals surface area contributed by atoms with Crippen LogP contribution >= 0.6 is 11.8 Å². The van der Waals surface area contributed by atoms with Crippen LogP contribution in [0.25, 0.3) is 6.08 Å². The Balaban J connectivity index is 1.59. The Hall–Kier alpha value is -2.75. The van der Waals surface area contributed by atoms with Crippen LogP contribution in [-0.2, 0) is 31.9 Å². The number of rotatable bonds is 7. The number of halogens is 6. The molecule has 2 saturated heterocycles. The number of ether oxygens (including phenoxy) is 1. The van der Waals surface area contributed by atoms with Crippen molar-refractivity contribution < 1.29 is 44.3 Å². The largest absolute Gasteiger partial charge is 0.418 e. The molecule has 0 spiro atoms. The Bertz CT molecular complexity index is 1420. The summed E-state index contributed by atoms with van der Waals surface area (Å²) in [6, 6.07) is 8.10. The van der Waals surface area contributed by atoms with E-state index in [2.05, 4.69) is 5.32 Å². The Morgan fingerprint density at radius 1 is 0.976 bits per heavy atom. The van der Waals surface area contributed by atoms with Gasteiger partial charge < -0.3 is 15.0 Å². The van der Waals surface area contributed by atoms with Crippen LogP contribution in [0.5, 0.6) is 0 Å². The number of hydrogen-bond donors (Lipinski definition) is 1. The zero-order valence-corrected chi connectivity index (χ0v) is 24.1. The van der Waals surface area contributed by atoms with Gasteiger partial charge in [-0.3, -0.25) is 4.79 Å². The Morgan fingerprint density at radius 2 is 1.62 bits per heavy atom. The van der Waals surface area contributed by atoms with Crippen LogP contribution in [0.4, 0.5) is 32.0 Å². The molecule has 0 aromatic heterocycles. The molecule has 0 aliphatic carbocycles. The number of nitrogens with zero attached hydrogens (tertiary/aromatic N) is 2. The highest BCUT2D eigenvalue weighted by molar-refractivity contribution is 7.99. The van der Waals surface area contributed by atoms with Crippen molar-refractivity contribution >= 4 is 39.5 Å². The first-order chi connectivity index (χ1) is 19.6. The normalized spacial score (nSPS) is 18.0. The molecule has 4 rings (SSSR count). The number of anilines is 1. The van der Waals surface area contributed by atoms with Crippen molar-refractivity contribution in [3.8, 4) is 0 Å². The molecule has 230 valence electrons. The molecule has 2 fully saturated rings. The fourth-order valence-corrected chi connectivity index (χ4v) is 6.72. The second kappa shape index (κ2) is 12.9. The van der Waals surface area contributed by atoms with Gasteiger partial charge >= 0.3 is 12.4 Å². The lowest BCUT2D eigenvalue weighted by Gasteiger charge is -2.31. The van der Waals surface area contributed by atoms with Gasteiger partial charge in [0.2, 0.25) is 15.9 Å². The lowest BCUT2D eigenvalue weighted by Crippen LogP contribution is -2.41. The highest BCUT2D eigenvalue weighted by atomic mass is 32.2. The minimum atomic E-state index is -5.35. The molecule has 2 aliphatic rings. The third-order valence-electron chi connectivity index (χ3n) is 6.85. The average Bonchev–Trinajstić information content (AvgIpc) is 2.91. The second-order valence-corrected chi connectivity index (χ2v) is 13.0. The summed E-state index contributed by atoms with van der Waals surface area (Å²) in [6.07, 6.45) is -6.92. The zero-order chi connectivity index (χ0) is 30.7. The van der Waals surface area contributed by atoms with Gasteiger partial charge in [0.1, 0.15) is 0 Å². The maximum atomic E-state index is 14.2. The number of hydrogen-bond acceptors (Lipinski definition) is 6. The van der Waals surface area contributed by atoms with E-state index >= 15 is 0 Å². The molecule has 0 bridgehead atoms. The minimum Gasteiger partial charge on any atom is -0.382 e. The zero-order valence-electron chi connectivity index (χ0n) is 22.5. The van der Waals surface area contributed by atoms with E-state index in [4.69, 9.17) is 4.74 Å². The maximum absolute atomic E-state index is 14.2. The van der Waals surface area contributed by atoms with Gasteiger partial charge in [0.25, 0.3) is 0 Å². The van der Waals surface area contributed by atoms with Gasteiger partial charge in [0.15, 0.2) is 0 Å². The minimum absolute atomic E-state index is 0.0861. The van der Waals surface area contributed by atoms with Crippen LogP contribution < -0.4 is 5.32 Å². The van der Waals surface area contributed by atoms with Gasteiger partial charge in [0, 0.05) is 53.8 Å². The highest BCUT2D eigenvalue weighted by Crippen LogP contribution is 2.48. The van der Waals surface area contributed by atoms with Gasteiger partial charge in [-0.15, -0.1) is 0 Å². The van der Waals surface area contributed by atoms with Gasteiger partial charge in [-0.25, -0.2) is 12.7 Å². The molecule has 0 atom stereocenters. The standard InChI is InChI=1S/C27H29F6N3O4S2/c1-42(38,39)36-11-9-19(10-12-36)34-20-3-2-4-21(17-20)41-22-7-5-18(6-8-23(37)35-13-15-40-16-14-35)24(26(28,29)30)25(22)27(31,32)33/h2-8,17,19,34H,9-16H2,1H3. The number of nitrogens with one attached hydrogen (secondary N) is 1. The van der Waals surface area contributed by atoms with E-state index in [9.17, 15) is 39.6 Å². The Kier molecular flexibility index (Phi) is 9.85. The van der Waals surface area contributed by atoms with E-state index in [-0.39, 0.29) is 37.2 Å². The maximum Gasteiger partial charge on any atom is 0.418 e. The molecule has 1 N–H and O–H groups in total. The number of benzene rings is 2. The van der Waals surface area contributed by atoms with E-state index in [0.717, 1.165) is 30.5 Å². The first kappa shape index (κ1) is 32.2. The van der Waals surface area contributed by atoms with Crippen LogP contribution in [0.1, 0.15) is 29.5 Å². The van der Waals surface area contributed by atoms with Gasteiger partial charge in [-0.2, -0.15) is 26.3 Å². The average molecular weight is 638 g/mol. The quantitative estimate of drug-likeness (QED) is 0.316. The third-order valence-corrected chi connectivity index (χ3v) is 9.20. The summed E-state index contributed by atoms with van der Waals surface area (Å²) in [6.45, 7) is 1.62. The molecule has 0 radical (unpaired) electrons. The fraction of sp³-hybridized carbons (Fsp3) is 0.444. The molecule has 2 heterocycles. The lowest BCUT2D eigenvalue weighted by atomic mass is 9.99. The Morgan fingerprint density at radius 3 is 2.21 bits per heavy atom. The lowest BCUT2D eigenvalue weighted by molar-refractivity contribution is -0.163. The fourth-order valence-electron chi connectivity index (χ4n) is 4.80. The first-order valence-electron chi connectivity index (χ1n) is 13.0. The summed E-state index contributed by atoms with van der Waals surface area (Å²) >= 11 is 0.546. The van der Waals surface area contributed by atoms with E-state index < -0.39 is 49.9 Å². The predicted octanol–water partition coefficient (Wildman–Crippen LogP) is 5.58. The monoisotopic (exact) mass is 637 g/mol. The van der Waals surface area contributed by atoms with Crippen LogP contribution in [0.2, 0.25) is 0 Å². The van der Waals surface area contributed by atoms with Crippen molar-refractivity contribution in [1.82, 2.24) is 9.21 Å². The first-order valence-corrected chi connectivity index (χ1v) is 15.6. The molecule has 42 heavy (non-hydrogen) atoms. The number of sulfonamides is 1. The summed E-state index contributed by atoms with van der Waals surface area (Å²) in [7, 11) is -3.31. The second-order valence-electron chi connectivity index (χ2n) is 9.88. The number of amides is 1. The molecule has 7 nitrogen and oxygen atoms in total. The molecule has 15 heteroatoms. The van der Waals surface area contributed by atoms with Crippen LogP contribution in [0.15, 0.2) is 52.3 Å². The van der Waals surface area contributed by atoms with Gasteiger partial charge in [-0.05, 0) is 48.7 Å². The smallest absolute Gasteiger partial charge is 0.382 e. The number of alkyl halides is 6. The van der Waals surface area contributed by atoms with Crippen LogP contribution in [0, 0.1) is 0 Å². The highest BCUT2D eigenvalue weighted by Gasteiger charge is 2.46. The topological polar surface area (TPSA) is 79.0 Å². The van der Waals surface area contributed by atoms with E-state index in [0.29, 0.717) is 43.4 Å². The van der Waals surface area contributed by atoms with Crippen LogP contribution in [0.3, 0.4) is 0 Å². The van der Waals surface area contributed by atoms with Crippen molar-refractivity contribution in [2.75, 3.05) is 51.0 Å². The molecule has 2 aromatic rings. The molecular weight excluding hydrogens is 608 g/mol. The van der Waals surface area contributed by atoms with Gasteiger partial charge in [-0.1, -0.05) is 23.9 Å². The Labute approximate surface area is 243 Å². The van der Waals surface area contributed by atoms with Gasteiger partial charge in [0.05, 0.1) is 30.6 Å². The van der Waals surface area contributed by atoms with Crippen molar-refractivity contribution in [3.63, 3.8) is 0 Å². The molecule has 0 unspecified atom stereocenters. The molecule has 2 aromatic carbocycles. The molecule has 1 amide bonds. The predicted molar refractivity (Wildman–Crippen MR) is 147 cm³/mol. The van der Waals surface area contributed by atoms with E-state index in [1.165, 1.54) is 21.3 Å². The molecule has 0 saturated carbocycles. The third kappa shape index (κ3) is 8.20.